The number of hydrogen-bond acceptors (Lipinski definition) is 1. The monoisotopic (exact) mass is 330 g/mol. The van der Waals surface area contributed by atoms with E-state index < -0.39 is 0 Å². The van der Waals surface area contributed by atoms with E-state index in [9.17, 15) is 0 Å². The van der Waals surface area contributed by atoms with Crippen LogP contribution in [0.5, 0.6) is 0 Å². The largest absolute Gasteiger partial charge is 0.330 e. The van der Waals surface area contributed by atoms with Gasteiger partial charge in [0.25, 0.3) is 0 Å². The van der Waals surface area contributed by atoms with E-state index in [-0.39, 0.29) is 0 Å². The van der Waals surface area contributed by atoms with Crippen LogP contribution in [-0.2, 0) is 13.0 Å². The van der Waals surface area contributed by atoms with Gasteiger partial charge in [0, 0.05) is 18.3 Å². The normalized spacial score (nSPS) is 11.8. The van der Waals surface area contributed by atoms with Gasteiger partial charge in [0.1, 0.15) is 5.82 Å². The predicted molar refractivity (Wildman–Crippen MR) is 107 cm³/mol. The number of aromatic nitrogens is 2. The molecule has 0 atom stereocenters. The third kappa shape index (κ3) is 3.74. The summed E-state index contributed by atoms with van der Waals surface area (Å²) < 4.78 is 2.23. The van der Waals surface area contributed by atoms with Crippen molar-refractivity contribution in [2.75, 3.05) is 0 Å². The summed E-state index contributed by atoms with van der Waals surface area (Å²) >= 11 is 0. The predicted octanol–water partition coefficient (Wildman–Crippen LogP) is 5.89. The lowest BCUT2D eigenvalue weighted by atomic mass is 9.96. The molecule has 0 saturated carbocycles. The van der Waals surface area contributed by atoms with E-state index in [1.165, 1.54) is 22.3 Å². The van der Waals surface area contributed by atoms with E-state index in [4.69, 9.17) is 4.98 Å². The maximum absolute atomic E-state index is 4.74. The molecule has 1 heterocycles. The van der Waals surface area contributed by atoms with Crippen molar-refractivity contribution in [2.24, 2.45) is 0 Å². The van der Waals surface area contributed by atoms with Crippen LogP contribution in [0.1, 0.15) is 43.3 Å². The fourth-order valence-corrected chi connectivity index (χ4v) is 3.17. The molecule has 0 aliphatic heterocycles. The Kier molecular flexibility index (Phi) is 5.18. The fourth-order valence-electron chi connectivity index (χ4n) is 3.17. The van der Waals surface area contributed by atoms with Crippen LogP contribution in [0.3, 0.4) is 0 Å². The van der Waals surface area contributed by atoms with Crippen molar-refractivity contribution in [3.8, 4) is 11.3 Å². The first-order chi connectivity index (χ1) is 12.1. The first kappa shape index (κ1) is 17.2. The van der Waals surface area contributed by atoms with E-state index in [0.29, 0.717) is 0 Å². The Balaban J connectivity index is 1.92. The molecule has 0 bridgehead atoms. The maximum atomic E-state index is 4.74. The topological polar surface area (TPSA) is 17.8 Å². The lowest BCUT2D eigenvalue weighted by Crippen LogP contribution is -2.02. The summed E-state index contributed by atoms with van der Waals surface area (Å²) in [5.74, 6) is 1.04. The van der Waals surface area contributed by atoms with Gasteiger partial charge in [0.05, 0.1) is 5.69 Å². The number of aryl methyl sites for hydroxylation is 2. The molecule has 0 radical (unpaired) electrons. The van der Waals surface area contributed by atoms with Gasteiger partial charge in [0.2, 0.25) is 0 Å². The highest BCUT2D eigenvalue weighted by Crippen LogP contribution is 2.23. The molecular weight excluding hydrogens is 304 g/mol. The number of nitrogens with zero attached hydrogens (tertiary/aromatic N) is 2. The smallest absolute Gasteiger partial charge is 0.106 e. The summed E-state index contributed by atoms with van der Waals surface area (Å²) in [6, 6.07) is 17.2. The van der Waals surface area contributed by atoms with Crippen molar-refractivity contribution in [3.05, 3.63) is 83.3 Å². The summed E-state index contributed by atoms with van der Waals surface area (Å²) in [5.41, 5.74) is 7.62. The number of hydrogen-bond donors (Lipinski definition) is 0. The molecule has 0 aliphatic rings. The zero-order valence-corrected chi connectivity index (χ0v) is 15.6. The fraction of sp³-hybridized carbons (Fsp3) is 0.261. The molecule has 0 spiro atoms. The Morgan fingerprint density at radius 1 is 1.12 bits per heavy atom. The summed E-state index contributed by atoms with van der Waals surface area (Å²) in [6.07, 6.45) is 5.40. The summed E-state index contributed by atoms with van der Waals surface area (Å²) in [6.45, 7) is 9.43. The zero-order chi connectivity index (χ0) is 17.8. The number of allylic oxidation sites excluding steroid dienone is 2. The highest BCUT2D eigenvalue weighted by Gasteiger charge is 2.09. The molecule has 128 valence electrons. The average Bonchev–Trinajstić information content (AvgIpc) is 3.02. The van der Waals surface area contributed by atoms with Crippen LogP contribution in [0, 0.1) is 6.92 Å². The molecule has 3 aromatic rings. The van der Waals surface area contributed by atoms with Crippen molar-refractivity contribution < 1.29 is 0 Å². The van der Waals surface area contributed by atoms with Crippen LogP contribution in [0.15, 0.2) is 60.8 Å². The van der Waals surface area contributed by atoms with Crippen LogP contribution < -0.4 is 0 Å². The molecule has 0 saturated heterocycles. The molecular formula is C23H26N2. The minimum Gasteiger partial charge on any atom is -0.330 e. The summed E-state index contributed by atoms with van der Waals surface area (Å²) in [7, 11) is 0. The van der Waals surface area contributed by atoms with Gasteiger partial charge in [-0.3, -0.25) is 0 Å². The van der Waals surface area contributed by atoms with Crippen molar-refractivity contribution >= 4 is 5.57 Å². The minimum absolute atomic E-state index is 0.847. The van der Waals surface area contributed by atoms with Crippen molar-refractivity contribution in [1.29, 1.82) is 0 Å². The van der Waals surface area contributed by atoms with Crippen molar-refractivity contribution in [1.82, 2.24) is 9.55 Å². The van der Waals surface area contributed by atoms with Crippen molar-refractivity contribution in [2.45, 2.75) is 40.7 Å². The van der Waals surface area contributed by atoms with Gasteiger partial charge in [-0.1, -0.05) is 55.5 Å². The number of imidazole rings is 1. The average molecular weight is 330 g/mol. The first-order valence-corrected chi connectivity index (χ1v) is 8.96. The molecule has 0 aliphatic carbocycles. The molecule has 0 unspecified atom stereocenters. The molecule has 0 amide bonds. The molecule has 2 aromatic carbocycles. The van der Waals surface area contributed by atoms with E-state index in [2.05, 4.69) is 87.0 Å². The van der Waals surface area contributed by atoms with Crippen LogP contribution in [0.4, 0.5) is 0 Å². The van der Waals surface area contributed by atoms with Gasteiger partial charge < -0.3 is 4.57 Å². The maximum Gasteiger partial charge on any atom is 0.106 e. The Morgan fingerprint density at radius 3 is 2.56 bits per heavy atom. The van der Waals surface area contributed by atoms with Crippen LogP contribution >= 0.6 is 0 Å². The van der Waals surface area contributed by atoms with Crippen LogP contribution in [0.2, 0.25) is 0 Å². The van der Waals surface area contributed by atoms with Crippen LogP contribution in [0.25, 0.3) is 16.8 Å². The Hall–Kier alpha value is -2.61. The van der Waals surface area contributed by atoms with Gasteiger partial charge >= 0.3 is 0 Å². The molecule has 25 heavy (non-hydrogen) atoms. The Labute approximate surface area is 150 Å². The lowest BCUT2D eigenvalue weighted by Gasteiger charge is -2.12. The highest BCUT2D eigenvalue weighted by molar-refractivity contribution is 5.67. The molecule has 0 fully saturated rings. The second-order valence-electron chi connectivity index (χ2n) is 6.48. The van der Waals surface area contributed by atoms with Gasteiger partial charge in [-0.25, -0.2) is 4.98 Å². The lowest BCUT2D eigenvalue weighted by molar-refractivity contribution is 0.761. The first-order valence-electron chi connectivity index (χ1n) is 8.96. The van der Waals surface area contributed by atoms with Crippen molar-refractivity contribution in [3.63, 3.8) is 0 Å². The van der Waals surface area contributed by atoms with Gasteiger partial charge in [-0.05, 0) is 55.5 Å². The second-order valence-corrected chi connectivity index (χ2v) is 6.48. The van der Waals surface area contributed by atoms with Gasteiger partial charge in [-0.2, -0.15) is 0 Å². The van der Waals surface area contributed by atoms with Crippen LogP contribution in [-0.4, -0.2) is 9.55 Å². The Bertz CT molecular complexity index is 886. The minimum atomic E-state index is 0.847. The SMILES string of the molecule is CC=C(C)c1cc(Cn2cc(-c3ccccc3)nc2C)ccc1CC. The quantitative estimate of drug-likeness (QED) is 0.570. The summed E-state index contributed by atoms with van der Waals surface area (Å²) in [5, 5.41) is 0. The number of rotatable bonds is 5. The Morgan fingerprint density at radius 2 is 1.88 bits per heavy atom. The highest BCUT2D eigenvalue weighted by atomic mass is 15.1. The van der Waals surface area contributed by atoms with E-state index in [0.717, 1.165) is 30.0 Å². The molecule has 2 heteroatoms. The molecule has 3 rings (SSSR count). The molecule has 1 aromatic heterocycles. The zero-order valence-electron chi connectivity index (χ0n) is 15.6. The van der Waals surface area contributed by atoms with E-state index in [1.807, 2.05) is 6.07 Å². The standard InChI is InChI=1S/C23H26N2/c1-5-17(3)22-14-19(12-13-20(22)6-2)15-25-16-23(24-18(25)4)21-10-8-7-9-11-21/h5,7-14,16H,6,15H2,1-4H3. The number of benzene rings is 2. The van der Waals surface area contributed by atoms with E-state index >= 15 is 0 Å². The van der Waals surface area contributed by atoms with E-state index in [1.54, 1.807) is 0 Å². The molecule has 0 N–H and O–H groups in total. The van der Waals surface area contributed by atoms with Gasteiger partial charge in [0.15, 0.2) is 0 Å². The van der Waals surface area contributed by atoms with Gasteiger partial charge in [-0.15, -0.1) is 0 Å². The molecule has 2 nitrogen and oxygen atoms in total. The summed E-state index contributed by atoms with van der Waals surface area (Å²) in [4.78, 5) is 4.74. The second kappa shape index (κ2) is 7.52. The third-order valence-electron chi connectivity index (χ3n) is 4.81. The third-order valence-corrected chi connectivity index (χ3v) is 4.81.